The lowest BCUT2D eigenvalue weighted by atomic mass is 9.56. The van der Waals surface area contributed by atoms with Gasteiger partial charge in [0.05, 0.1) is 35.1 Å². The topological polar surface area (TPSA) is 36.9 Å². The van der Waals surface area contributed by atoms with E-state index in [1.807, 2.05) is 0 Å². The van der Waals surface area contributed by atoms with Crippen molar-refractivity contribution in [2.45, 2.75) is 110 Å². The maximum Gasteiger partial charge on any atom is 0.147 e. The fourth-order valence-electron chi connectivity index (χ4n) is 5.84. The highest BCUT2D eigenvalue weighted by Gasteiger charge is 2.66. The van der Waals surface area contributed by atoms with Crippen LogP contribution in [0.5, 0.6) is 0 Å². The minimum absolute atomic E-state index is 0.0594. The Labute approximate surface area is 183 Å². The third-order valence-electron chi connectivity index (χ3n) is 9.60. The molecule has 170 valence electrons. The van der Waals surface area contributed by atoms with Crippen LogP contribution < -0.4 is 0 Å². The summed E-state index contributed by atoms with van der Waals surface area (Å²) in [6, 6.07) is 0. The SMILES string of the molecule is CC1(C)OC2(C=CC(COCOC3C=CC4(CC3)OC(C)(C)C4(C)C)CC2)C1(C)C. The molecule has 4 aliphatic rings. The zero-order valence-corrected chi connectivity index (χ0v) is 20.3. The van der Waals surface area contributed by atoms with Crippen molar-refractivity contribution in [3.8, 4) is 0 Å². The minimum Gasteiger partial charge on any atom is -0.364 e. The van der Waals surface area contributed by atoms with Crippen molar-refractivity contribution < 1.29 is 18.9 Å². The molecule has 4 rings (SSSR count). The predicted octanol–water partition coefficient (Wildman–Crippen LogP) is 5.81. The second-order valence-electron chi connectivity index (χ2n) is 12.0. The summed E-state index contributed by atoms with van der Waals surface area (Å²) in [6.07, 6.45) is 13.3. The normalized spacial score (nSPS) is 42.1. The Morgan fingerprint density at radius 3 is 1.70 bits per heavy atom. The number of ether oxygens (including phenoxy) is 4. The average molecular weight is 419 g/mol. The van der Waals surface area contributed by atoms with Crippen molar-refractivity contribution in [3.63, 3.8) is 0 Å². The van der Waals surface area contributed by atoms with Crippen molar-refractivity contribution in [2.24, 2.45) is 16.7 Å². The fraction of sp³-hybridized carbons (Fsp3) is 0.846. The maximum absolute atomic E-state index is 6.31. The van der Waals surface area contributed by atoms with E-state index in [-0.39, 0.29) is 39.3 Å². The van der Waals surface area contributed by atoms with Gasteiger partial charge in [0.15, 0.2) is 0 Å². The van der Waals surface area contributed by atoms with Gasteiger partial charge in [-0.3, -0.25) is 0 Å². The first-order chi connectivity index (χ1) is 13.8. The minimum atomic E-state index is -0.133. The summed E-state index contributed by atoms with van der Waals surface area (Å²) >= 11 is 0. The monoisotopic (exact) mass is 418 g/mol. The summed E-state index contributed by atoms with van der Waals surface area (Å²) in [5.41, 5.74) is -0.0727. The zero-order chi connectivity index (χ0) is 22.1. The molecule has 0 aromatic rings. The summed E-state index contributed by atoms with van der Waals surface area (Å²) in [7, 11) is 0. The molecular weight excluding hydrogens is 376 g/mol. The standard InChI is InChI=1S/C26H42O4/c1-21(2)23(5,6)29-25(21)13-9-19(10-14-25)17-27-18-28-20-11-15-26(16-12-20)22(3,4)24(7,8)30-26/h9,11,13,15,19-20H,10,12,14,16-18H2,1-8H3. The molecular formula is C26H42O4. The first kappa shape index (κ1) is 22.5. The molecule has 0 aromatic carbocycles. The smallest absolute Gasteiger partial charge is 0.147 e. The molecule has 0 N–H and O–H groups in total. The van der Waals surface area contributed by atoms with E-state index in [9.17, 15) is 0 Å². The zero-order valence-electron chi connectivity index (χ0n) is 20.3. The molecule has 2 spiro atoms. The van der Waals surface area contributed by atoms with E-state index in [2.05, 4.69) is 79.7 Å². The molecule has 0 radical (unpaired) electrons. The van der Waals surface area contributed by atoms with Crippen LogP contribution in [0.25, 0.3) is 0 Å². The van der Waals surface area contributed by atoms with Gasteiger partial charge in [-0.05, 0) is 53.4 Å². The number of rotatable bonds is 5. The highest BCUT2D eigenvalue weighted by molar-refractivity contribution is 5.26. The molecule has 0 aromatic heterocycles. The van der Waals surface area contributed by atoms with Crippen molar-refractivity contribution >= 4 is 0 Å². The summed E-state index contributed by atoms with van der Waals surface area (Å²) in [4.78, 5) is 0. The summed E-state index contributed by atoms with van der Waals surface area (Å²) in [5.74, 6) is 0.443. The molecule has 4 heteroatoms. The van der Waals surface area contributed by atoms with Gasteiger partial charge < -0.3 is 18.9 Å². The van der Waals surface area contributed by atoms with Gasteiger partial charge in [-0.2, -0.15) is 0 Å². The molecule has 0 amide bonds. The van der Waals surface area contributed by atoms with Crippen molar-refractivity contribution in [3.05, 3.63) is 24.3 Å². The first-order valence-corrected chi connectivity index (χ1v) is 11.8. The Bertz CT molecular complexity index is 669. The maximum atomic E-state index is 6.31. The summed E-state index contributed by atoms with van der Waals surface area (Å²) in [6.45, 7) is 19.1. The predicted molar refractivity (Wildman–Crippen MR) is 119 cm³/mol. The Kier molecular flexibility index (Phi) is 5.18. The molecule has 0 saturated carbocycles. The molecule has 4 nitrogen and oxygen atoms in total. The van der Waals surface area contributed by atoms with Crippen LogP contribution in [-0.4, -0.2) is 41.9 Å². The lowest BCUT2D eigenvalue weighted by Gasteiger charge is -2.66. The van der Waals surface area contributed by atoms with E-state index in [1.165, 1.54) is 0 Å². The van der Waals surface area contributed by atoms with Gasteiger partial charge in [-0.15, -0.1) is 0 Å². The van der Waals surface area contributed by atoms with E-state index < -0.39 is 0 Å². The molecule has 2 fully saturated rings. The van der Waals surface area contributed by atoms with Crippen molar-refractivity contribution in [1.82, 2.24) is 0 Å². The van der Waals surface area contributed by atoms with Gasteiger partial charge >= 0.3 is 0 Å². The lowest BCUT2D eigenvalue weighted by Crippen LogP contribution is -2.71. The fourth-order valence-corrected chi connectivity index (χ4v) is 5.84. The summed E-state index contributed by atoms with van der Waals surface area (Å²) in [5, 5.41) is 0. The Morgan fingerprint density at radius 1 is 0.767 bits per heavy atom. The Balaban J connectivity index is 1.20. The van der Waals surface area contributed by atoms with Crippen LogP contribution in [0.2, 0.25) is 0 Å². The Hall–Kier alpha value is -0.680. The van der Waals surface area contributed by atoms with Crippen LogP contribution in [-0.2, 0) is 18.9 Å². The van der Waals surface area contributed by atoms with Crippen LogP contribution in [0.4, 0.5) is 0 Å². The highest BCUT2D eigenvalue weighted by atomic mass is 16.7. The van der Waals surface area contributed by atoms with Gasteiger partial charge in [0, 0.05) is 16.7 Å². The van der Waals surface area contributed by atoms with Crippen molar-refractivity contribution in [1.29, 1.82) is 0 Å². The molecule has 30 heavy (non-hydrogen) atoms. The van der Waals surface area contributed by atoms with E-state index >= 15 is 0 Å². The largest absolute Gasteiger partial charge is 0.364 e. The molecule has 0 bridgehead atoms. The molecule has 2 heterocycles. The summed E-state index contributed by atoms with van der Waals surface area (Å²) < 4.78 is 24.5. The van der Waals surface area contributed by atoms with Gasteiger partial charge in [0.1, 0.15) is 6.79 Å². The lowest BCUT2D eigenvalue weighted by molar-refractivity contribution is -0.338. The van der Waals surface area contributed by atoms with E-state index in [4.69, 9.17) is 18.9 Å². The van der Waals surface area contributed by atoms with E-state index in [0.717, 1.165) is 25.7 Å². The third kappa shape index (κ3) is 3.09. The number of hydrogen-bond acceptors (Lipinski definition) is 4. The third-order valence-corrected chi connectivity index (χ3v) is 9.60. The van der Waals surface area contributed by atoms with Gasteiger partial charge in [0.25, 0.3) is 0 Å². The molecule has 2 saturated heterocycles. The van der Waals surface area contributed by atoms with Crippen LogP contribution in [0.3, 0.4) is 0 Å². The molecule has 4 atom stereocenters. The number of hydrogen-bond donors (Lipinski definition) is 0. The van der Waals surface area contributed by atoms with Gasteiger partial charge in [-0.25, -0.2) is 0 Å². The second kappa shape index (κ2) is 6.91. The highest BCUT2D eigenvalue weighted by Crippen LogP contribution is 2.61. The molecule has 2 aliphatic heterocycles. The van der Waals surface area contributed by atoms with Crippen LogP contribution in [0, 0.1) is 16.7 Å². The van der Waals surface area contributed by atoms with Crippen LogP contribution in [0.1, 0.15) is 81.1 Å². The first-order valence-electron chi connectivity index (χ1n) is 11.8. The molecule has 2 aliphatic carbocycles. The van der Waals surface area contributed by atoms with Gasteiger partial charge in [0.2, 0.25) is 0 Å². The molecule has 4 unspecified atom stereocenters. The van der Waals surface area contributed by atoms with E-state index in [1.54, 1.807) is 0 Å². The second-order valence-corrected chi connectivity index (χ2v) is 12.0. The Morgan fingerprint density at radius 2 is 1.30 bits per heavy atom. The van der Waals surface area contributed by atoms with E-state index in [0.29, 0.717) is 19.3 Å². The average Bonchev–Trinajstić information content (AvgIpc) is 2.67. The van der Waals surface area contributed by atoms with Crippen LogP contribution >= 0.6 is 0 Å². The van der Waals surface area contributed by atoms with Gasteiger partial charge in [-0.1, -0.05) is 52.0 Å². The van der Waals surface area contributed by atoms with Crippen molar-refractivity contribution in [2.75, 3.05) is 13.4 Å². The van der Waals surface area contributed by atoms with Crippen LogP contribution in [0.15, 0.2) is 24.3 Å². The quantitative estimate of drug-likeness (QED) is 0.321.